The fraction of sp³-hybridized carbons (Fsp3) is 0.0667. The van der Waals surface area contributed by atoms with Crippen LogP contribution in [0.25, 0.3) is 0 Å². The zero-order chi connectivity index (χ0) is 15.4. The molecule has 0 unspecified atom stereocenters. The molecule has 0 bridgehead atoms. The van der Waals surface area contributed by atoms with Gasteiger partial charge in [0.05, 0.1) is 4.92 Å². The number of aromatic nitrogens is 2. The molecule has 1 N–H and O–H groups in total. The molecule has 0 fully saturated rings. The van der Waals surface area contributed by atoms with Gasteiger partial charge in [-0.25, -0.2) is 9.97 Å². The van der Waals surface area contributed by atoms with Gasteiger partial charge in [-0.2, -0.15) is 0 Å². The van der Waals surface area contributed by atoms with Gasteiger partial charge in [0, 0.05) is 35.8 Å². The number of hydrogen-bond acceptors (Lipinski definition) is 6. The second kappa shape index (κ2) is 6.31. The van der Waals surface area contributed by atoms with Gasteiger partial charge in [-0.15, -0.1) is 11.3 Å². The molecule has 0 amide bonds. The normalized spacial score (nSPS) is 10.4. The molecule has 7 heteroatoms. The Hall–Kier alpha value is -2.80. The highest BCUT2D eigenvalue weighted by atomic mass is 32.1. The Balaban J connectivity index is 1.72. The van der Waals surface area contributed by atoms with Gasteiger partial charge >= 0.3 is 0 Å². The predicted molar refractivity (Wildman–Crippen MR) is 85.5 cm³/mol. The van der Waals surface area contributed by atoms with E-state index in [2.05, 4.69) is 15.3 Å². The van der Waals surface area contributed by atoms with Gasteiger partial charge in [-0.1, -0.05) is 18.2 Å². The lowest BCUT2D eigenvalue weighted by molar-refractivity contribution is -0.384. The lowest BCUT2D eigenvalue weighted by atomic mass is 10.1. The monoisotopic (exact) mass is 312 g/mol. The standard InChI is InChI=1S/C15H12N4O2S/c20-19(21)12-5-3-4-11(8-12)9-13-10-17-15(22-13)18-14-6-1-2-7-16-14/h1-8,10H,9H2,(H,16,17,18). The van der Waals surface area contributed by atoms with E-state index in [4.69, 9.17) is 0 Å². The van der Waals surface area contributed by atoms with Crippen LogP contribution in [0.15, 0.2) is 54.9 Å². The lowest BCUT2D eigenvalue weighted by Gasteiger charge is -2.00. The average molecular weight is 312 g/mol. The molecule has 2 heterocycles. The number of thiazole rings is 1. The zero-order valence-electron chi connectivity index (χ0n) is 11.5. The van der Waals surface area contributed by atoms with Gasteiger partial charge in [0.1, 0.15) is 5.82 Å². The fourth-order valence-electron chi connectivity index (χ4n) is 1.97. The molecule has 0 aliphatic carbocycles. The van der Waals surface area contributed by atoms with Crippen molar-refractivity contribution in [1.29, 1.82) is 0 Å². The maximum atomic E-state index is 10.8. The van der Waals surface area contributed by atoms with Crippen molar-refractivity contribution in [1.82, 2.24) is 9.97 Å². The van der Waals surface area contributed by atoms with Crippen molar-refractivity contribution in [2.75, 3.05) is 5.32 Å². The van der Waals surface area contributed by atoms with Crippen molar-refractivity contribution in [3.05, 3.63) is 75.4 Å². The molecule has 0 spiro atoms. The first-order valence-electron chi connectivity index (χ1n) is 6.57. The Bertz CT molecular complexity index is 789. The first-order chi connectivity index (χ1) is 10.7. The third-order valence-corrected chi connectivity index (χ3v) is 3.87. The molecule has 6 nitrogen and oxygen atoms in total. The summed E-state index contributed by atoms with van der Waals surface area (Å²) in [5.41, 5.74) is 0.996. The van der Waals surface area contributed by atoms with Crippen LogP contribution in [-0.2, 0) is 6.42 Å². The summed E-state index contributed by atoms with van der Waals surface area (Å²) in [6, 6.07) is 12.3. The Morgan fingerprint density at radius 1 is 1.18 bits per heavy atom. The molecule has 2 aromatic heterocycles. The summed E-state index contributed by atoms with van der Waals surface area (Å²) >= 11 is 1.50. The number of nitro benzene ring substituents is 1. The van der Waals surface area contributed by atoms with Gasteiger partial charge in [-0.3, -0.25) is 10.1 Å². The first-order valence-corrected chi connectivity index (χ1v) is 7.38. The molecule has 3 rings (SSSR count). The van der Waals surface area contributed by atoms with Crippen molar-refractivity contribution < 1.29 is 4.92 Å². The van der Waals surface area contributed by atoms with E-state index >= 15 is 0 Å². The van der Waals surface area contributed by atoms with E-state index in [0.717, 1.165) is 21.4 Å². The molecule has 22 heavy (non-hydrogen) atoms. The highest BCUT2D eigenvalue weighted by Crippen LogP contribution is 2.24. The SMILES string of the molecule is O=[N+]([O-])c1cccc(Cc2cnc(Nc3ccccn3)s2)c1. The van der Waals surface area contributed by atoms with E-state index < -0.39 is 0 Å². The van der Waals surface area contributed by atoms with Crippen LogP contribution in [-0.4, -0.2) is 14.9 Å². The molecule has 3 aromatic rings. The van der Waals surface area contributed by atoms with Crippen LogP contribution < -0.4 is 5.32 Å². The predicted octanol–water partition coefficient (Wildman–Crippen LogP) is 3.78. The van der Waals surface area contributed by atoms with E-state index in [-0.39, 0.29) is 10.6 Å². The van der Waals surface area contributed by atoms with Gasteiger partial charge in [0.15, 0.2) is 5.13 Å². The Morgan fingerprint density at radius 2 is 2.09 bits per heavy atom. The lowest BCUT2D eigenvalue weighted by Crippen LogP contribution is -1.91. The van der Waals surface area contributed by atoms with Gasteiger partial charge in [0.2, 0.25) is 0 Å². The number of hydrogen-bond donors (Lipinski definition) is 1. The number of non-ortho nitro benzene ring substituents is 1. The van der Waals surface area contributed by atoms with Crippen LogP contribution in [0.3, 0.4) is 0 Å². The second-order valence-electron chi connectivity index (χ2n) is 4.58. The van der Waals surface area contributed by atoms with Crippen LogP contribution >= 0.6 is 11.3 Å². The number of nitrogens with zero attached hydrogens (tertiary/aromatic N) is 3. The van der Waals surface area contributed by atoms with E-state index in [9.17, 15) is 10.1 Å². The molecule has 0 aliphatic rings. The minimum atomic E-state index is -0.385. The zero-order valence-corrected chi connectivity index (χ0v) is 12.3. The molecule has 0 atom stereocenters. The highest BCUT2D eigenvalue weighted by molar-refractivity contribution is 7.15. The largest absolute Gasteiger partial charge is 0.316 e. The van der Waals surface area contributed by atoms with E-state index in [1.54, 1.807) is 24.5 Å². The van der Waals surface area contributed by atoms with Crippen molar-refractivity contribution in [2.24, 2.45) is 0 Å². The minimum absolute atomic E-state index is 0.105. The van der Waals surface area contributed by atoms with E-state index in [1.807, 2.05) is 24.3 Å². The van der Waals surface area contributed by atoms with Crippen LogP contribution in [0, 0.1) is 10.1 Å². The van der Waals surface area contributed by atoms with Crippen LogP contribution in [0.1, 0.15) is 10.4 Å². The molecule has 0 radical (unpaired) electrons. The Kier molecular flexibility index (Phi) is 4.06. The van der Waals surface area contributed by atoms with Gasteiger partial charge in [0.25, 0.3) is 5.69 Å². The third-order valence-electron chi connectivity index (χ3n) is 2.95. The number of rotatable bonds is 5. The maximum absolute atomic E-state index is 10.8. The number of pyridine rings is 1. The quantitative estimate of drug-likeness (QED) is 0.573. The Labute approximate surface area is 130 Å². The summed E-state index contributed by atoms with van der Waals surface area (Å²) in [5, 5.41) is 14.7. The van der Waals surface area contributed by atoms with Crippen LogP contribution in [0.5, 0.6) is 0 Å². The molecule has 0 saturated carbocycles. The summed E-state index contributed by atoms with van der Waals surface area (Å²) < 4.78 is 0. The van der Waals surface area contributed by atoms with E-state index in [0.29, 0.717) is 6.42 Å². The third kappa shape index (κ3) is 3.44. The fourth-order valence-corrected chi connectivity index (χ4v) is 2.83. The van der Waals surface area contributed by atoms with Gasteiger partial charge in [-0.05, 0) is 17.7 Å². The maximum Gasteiger partial charge on any atom is 0.269 e. The first kappa shape index (κ1) is 14.2. The van der Waals surface area contributed by atoms with Gasteiger partial charge < -0.3 is 5.32 Å². The minimum Gasteiger partial charge on any atom is -0.316 e. The van der Waals surface area contributed by atoms with Crippen molar-refractivity contribution in [3.63, 3.8) is 0 Å². The summed E-state index contributed by atoms with van der Waals surface area (Å²) in [6.45, 7) is 0. The number of nitrogens with one attached hydrogen (secondary N) is 1. The van der Waals surface area contributed by atoms with Crippen molar-refractivity contribution >= 4 is 28.0 Å². The second-order valence-corrected chi connectivity index (χ2v) is 5.69. The van der Waals surface area contributed by atoms with E-state index in [1.165, 1.54) is 17.4 Å². The topological polar surface area (TPSA) is 81.0 Å². The smallest absolute Gasteiger partial charge is 0.269 e. The summed E-state index contributed by atoms with van der Waals surface area (Å²) in [5.74, 6) is 0.735. The molecule has 0 saturated heterocycles. The van der Waals surface area contributed by atoms with Crippen molar-refractivity contribution in [3.8, 4) is 0 Å². The summed E-state index contributed by atoms with van der Waals surface area (Å²) in [4.78, 5) is 19.9. The molecular formula is C15H12N4O2S. The van der Waals surface area contributed by atoms with Crippen molar-refractivity contribution in [2.45, 2.75) is 6.42 Å². The van der Waals surface area contributed by atoms with Crippen LogP contribution in [0.2, 0.25) is 0 Å². The molecular weight excluding hydrogens is 300 g/mol. The number of anilines is 2. The highest BCUT2D eigenvalue weighted by Gasteiger charge is 2.08. The number of nitro groups is 1. The molecule has 0 aliphatic heterocycles. The molecule has 1 aromatic carbocycles. The Morgan fingerprint density at radius 3 is 2.86 bits per heavy atom. The summed E-state index contributed by atoms with van der Waals surface area (Å²) in [6.07, 6.45) is 4.10. The number of benzene rings is 1. The summed E-state index contributed by atoms with van der Waals surface area (Å²) in [7, 11) is 0. The molecule has 110 valence electrons. The average Bonchev–Trinajstić information content (AvgIpc) is 2.95. The van der Waals surface area contributed by atoms with Crippen LogP contribution in [0.4, 0.5) is 16.6 Å².